The van der Waals surface area contributed by atoms with Gasteiger partial charge in [0.25, 0.3) is 0 Å². The van der Waals surface area contributed by atoms with Crippen LogP contribution < -0.4 is 0 Å². The molecular weight excluding hydrogens is 664 g/mol. The molecule has 0 aliphatic heterocycles. The maximum Gasteiger partial charge on any atom is 0.306 e. The molecule has 0 aromatic rings. The third kappa shape index (κ3) is 16.7. The van der Waals surface area contributed by atoms with Crippen LogP contribution in [-0.2, 0) is 28.5 Å². The van der Waals surface area contributed by atoms with Crippen LogP contribution in [0.4, 0.5) is 0 Å². The summed E-state index contributed by atoms with van der Waals surface area (Å²) in [5.41, 5.74) is 1.59. The number of esters is 2. The van der Waals surface area contributed by atoms with Gasteiger partial charge in [0.15, 0.2) is 6.29 Å². The zero-order valence-corrected chi connectivity index (χ0v) is 34.3. The van der Waals surface area contributed by atoms with Crippen LogP contribution >= 0.6 is 0 Å². The molecule has 0 heterocycles. The second-order valence-corrected chi connectivity index (χ2v) is 18.0. The Morgan fingerprint density at radius 3 is 1.83 bits per heavy atom. The number of aliphatic hydroxyl groups is 1. The molecule has 5 saturated carbocycles. The van der Waals surface area contributed by atoms with Gasteiger partial charge in [0, 0.05) is 26.2 Å². The molecule has 0 radical (unpaired) electrons. The monoisotopic (exact) mass is 745 g/mol. The van der Waals surface area contributed by atoms with E-state index in [1.165, 1.54) is 108 Å². The second-order valence-electron chi connectivity index (χ2n) is 18.0. The smallest absolute Gasteiger partial charge is 0.306 e. The lowest BCUT2D eigenvalue weighted by molar-refractivity contribution is -0.160. The number of hydrogen-bond acceptors (Lipinski definition) is 7. The Labute approximate surface area is 324 Å². The van der Waals surface area contributed by atoms with Crippen LogP contribution in [0.15, 0.2) is 11.6 Å². The van der Waals surface area contributed by atoms with E-state index in [1.54, 1.807) is 0 Å². The first-order chi connectivity index (χ1) is 25.9. The first-order valence-electron chi connectivity index (χ1n) is 22.7. The van der Waals surface area contributed by atoms with Crippen molar-refractivity contribution in [2.24, 2.45) is 28.6 Å². The maximum atomic E-state index is 13.3. The van der Waals surface area contributed by atoms with Crippen molar-refractivity contribution in [2.45, 2.75) is 206 Å². The molecule has 53 heavy (non-hydrogen) atoms. The van der Waals surface area contributed by atoms with Crippen molar-refractivity contribution in [1.29, 1.82) is 0 Å². The third-order valence-electron chi connectivity index (χ3n) is 13.4. The molecule has 0 spiro atoms. The number of allylic oxidation sites excluding steroid dienone is 1. The minimum atomic E-state index is -0.362. The van der Waals surface area contributed by atoms with Crippen LogP contribution in [0.2, 0.25) is 0 Å². The lowest BCUT2D eigenvalue weighted by atomic mass is 9.49. The Morgan fingerprint density at radius 1 is 0.717 bits per heavy atom. The minimum Gasteiger partial charge on any atom is -0.466 e. The molecule has 1 N–H and O–H groups in total. The Balaban J connectivity index is 1.22. The van der Waals surface area contributed by atoms with Gasteiger partial charge in [0.05, 0.1) is 26.1 Å². The number of hydrogen-bond donors (Lipinski definition) is 1. The van der Waals surface area contributed by atoms with Gasteiger partial charge in [-0.1, -0.05) is 89.7 Å². The van der Waals surface area contributed by atoms with Gasteiger partial charge in [-0.3, -0.25) is 9.59 Å². The van der Waals surface area contributed by atoms with E-state index in [0.29, 0.717) is 52.1 Å². The minimum absolute atomic E-state index is 0.00217. The molecule has 5 aliphatic carbocycles. The van der Waals surface area contributed by atoms with E-state index < -0.39 is 0 Å². The summed E-state index contributed by atoms with van der Waals surface area (Å²) in [5.74, 6) is 2.31. The summed E-state index contributed by atoms with van der Waals surface area (Å²) in [6.45, 7) is 6.84. The Kier molecular flexibility index (Phi) is 20.8. The molecule has 5 fully saturated rings. The van der Waals surface area contributed by atoms with Gasteiger partial charge in [-0.15, -0.1) is 0 Å². The predicted molar refractivity (Wildman–Crippen MR) is 213 cm³/mol. The molecule has 7 nitrogen and oxygen atoms in total. The van der Waals surface area contributed by atoms with E-state index in [-0.39, 0.29) is 35.7 Å². The highest BCUT2D eigenvalue weighted by molar-refractivity contribution is 5.70. The molecule has 306 valence electrons. The van der Waals surface area contributed by atoms with E-state index >= 15 is 0 Å². The summed E-state index contributed by atoms with van der Waals surface area (Å²) >= 11 is 0. The van der Waals surface area contributed by atoms with Gasteiger partial charge in [-0.05, 0) is 131 Å². The Hall–Kier alpha value is -1.44. The summed E-state index contributed by atoms with van der Waals surface area (Å²) in [4.78, 5) is 26.3. The third-order valence-corrected chi connectivity index (χ3v) is 13.4. The Morgan fingerprint density at radius 2 is 1.26 bits per heavy atom. The first kappa shape index (κ1) is 44.3. The van der Waals surface area contributed by atoms with Crippen LogP contribution in [0.25, 0.3) is 0 Å². The van der Waals surface area contributed by atoms with Crippen molar-refractivity contribution in [2.75, 3.05) is 33.0 Å². The lowest BCUT2D eigenvalue weighted by Gasteiger charge is -2.56. The highest BCUT2D eigenvalue weighted by Crippen LogP contribution is 2.61. The van der Waals surface area contributed by atoms with Gasteiger partial charge >= 0.3 is 11.9 Å². The molecule has 0 aromatic heterocycles. The largest absolute Gasteiger partial charge is 0.466 e. The quantitative estimate of drug-likeness (QED) is 0.0268. The fraction of sp³-hybridized carbons (Fsp3) is 0.913. The van der Waals surface area contributed by atoms with Crippen molar-refractivity contribution in [1.82, 2.24) is 0 Å². The van der Waals surface area contributed by atoms with E-state index in [1.807, 2.05) is 0 Å². The lowest BCUT2D eigenvalue weighted by Crippen LogP contribution is -2.47. The number of unbranched alkanes of at least 4 members (excludes halogenated alkanes) is 10. The SMILES string of the molecule is CCCCCCCCOC(CCC(=O)OCCC1(CCOC(=O)CC23CC4CC(CC(C4)C2)C3)CCC/C(=C/CCO)CC1)OCCCCCCCC. The molecule has 5 rings (SSSR count). The summed E-state index contributed by atoms with van der Waals surface area (Å²) in [7, 11) is 0. The topological polar surface area (TPSA) is 91.3 Å². The Bertz CT molecular complexity index is 1000. The molecule has 1 unspecified atom stereocenters. The van der Waals surface area contributed by atoms with Crippen LogP contribution in [0.1, 0.15) is 200 Å². The zero-order chi connectivity index (χ0) is 37.6. The molecule has 1 atom stereocenters. The van der Waals surface area contributed by atoms with Gasteiger partial charge in [-0.25, -0.2) is 0 Å². The number of rotatable bonds is 29. The average Bonchev–Trinajstić information content (AvgIpc) is 3.33. The van der Waals surface area contributed by atoms with E-state index in [9.17, 15) is 14.7 Å². The van der Waals surface area contributed by atoms with Crippen molar-refractivity contribution in [3.63, 3.8) is 0 Å². The maximum absolute atomic E-state index is 13.3. The highest BCUT2D eigenvalue weighted by atomic mass is 16.7. The summed E-state index contributed by atoms with van der Waals surface area (Å²) in [5, 5.41) is 9.40. The fourth-order valence-corrected chi connectivity index (χ4v) is 10.8. The molecule has 4 bridgehead atoms. The first-order valence-corrected chi connectivity index (χ1v) is 22.7. The summed E-state index contributed by atoms with van der Waals surface area (Å²) in [6.07, 6.45) is 33.1. The van der Waals surface area contributed by atoms with Gasteiger partial charge in [0.1, 0.15) is 0 Å². The van der Waals surface area contributed by atoms with Gasteiger partial charge in [-0.2, -0.15) is 0 Å². The van der Waals surface area contributed by atoms with Crippen LogP contribution in [0.3, 0.4) is 0 Å². The van der Waals surface area contributed by atoms with Crippen molar-refractivity contribution in [3.8, 4) is 0 Å². The van der Waals surface area contributed by atoms with Crippen molar-refractivity contribution >= 4 is 11.9 Å². The highest BCUT2D eigenvalue weighted by Gasteiger charge is 2.51. The van der Waals surface area contributed by atoms with E-state index in [2.05, 4.69) is 19.9 Å². The molecule has 0 saturated heterocycles. The van der Waals surface area contributed by atoms with Crippen molar-refractivity contribution in [3.05, 3.63) is 11.6 Å². The molecule has 0 amide bonds. The van der Waals surface area contributed by atoms with Gasteiger partial charge < -0.3 is 24.1 Å². The molecular formula is C46H80O7. The van der Waals surface area contributed by atoms with Crippen LogP contribution in [-0.4, -0.2) is 56.4 Å². The number of carbonyl (C=O) groups excluding carboxylic acids is 2. The normalized spacial score (nSPS) is 27.4. The summed E-state index contributed by atoms with van der Waals surface area (Å²) < 4.78 is 24.3. The van der Waals surface area contributed by atoms with Crippen molar-refractivity contribution < 1.29 is 33.6 Å². The van der Waals surface area contributed by atoms with E-state index in [0.717, 1.165) is 75.5 Å². The number of carbonyl (C=O) groups is 2. The number of aliphatic hydroxyl groups excluding tert-OH is 1. The van der Waals surface area contributed by atoms with Crippen LogP contribution in [0.5, 0.6) is 0 Å². The predicted octanol–water partition coefficient (Wildman–Crippen LogP) is 11.6. The molecule has 5 aliphatic rings. The standard InChI is InChI=1S/C46H80O7/c1-3-5-7-9-11-13-27-52-44(53-28-14-12-10-8-6-4-2)20-19-42(48)50-29-24-45(22-15-17-38(21-23-45)18-16-26-47)25-30-51-43(49)37-46-34-39-31-40(35-46)33-41(32-39)36-46/h18,39-41,44,47H,3-17,19-37H2,1-2H3/b38-18-. The van der Waals surface area contributed by atoms with Gasteiger partial charge in [0.2, 0.25) is 0 Å². The fourth-order valence-electron chi connectivity index (χ4n) is 10.8. The average molecular weight is 745 g/mol. The van der Waals surface area contributed by atoms with Crippen LogP contribution in [0, 0.1) is 28.6 Å². The van der Waals surface area contributed by atoms with E-state index in [4.69, 9.17) is 18.9 Å². The molecule has 7 heteroatoms. The number of ether oxygens (including phenoxy) is 4. The summed E-state index contributed by atoms with van der Waals surface area (Å²) in [6, 6.07) is 0. The zero-order valence-electron chi connectivity index (χ0n) is 34.3. The molecule has 0 aromatic carbocycles. The second kappa shape index (κ2) is 24.9.